The molecule has 0 aliphatic heterocycles. The minimum atomic E-state index is -3.69. The number of carbonyl (C=O) groups is 2. The Bertz CT molecular complexity index is 608. The van der Waals surface area contributed by atoms with E-state index in [1.807, 2.05) is 0 Å². The first-order valence-corrected chi connectivity index (χ1v) is 7.69. The molecule has 1 atom stereocenters. The van der Waals surface area contributed by atoms with Gasteiger partial charge in [0.2, 0.25) is 10.0 Å². The lowest BCUT2D eigenvalue weighted by Crippen LogP contribution is -2.39. The van der Waals surface area contributed by atoms with Gasteiger partial charge in [0, 0.05) is 0 Å². The van der Waals surface area contributed by atoms with E-state index in [1.54, 1.807) is 0 Å². The quantitative estimate of drug-likeness (QED) is 0.765. The van der Waals surface area contributed by atoms with Crippen LogP contribution in [0, 0.1) is 0 Å². The molecule has 1 N–H and O–H groups in total. The Morgan fingerprint density at radius 2 is 1.71 bits per heavy atom. The third-order valence-corrected chi connectivity index (χ3v) is 4.07. The molecule has 116 valence electrons. The second-order valence-corrected chi connectivity index (χ2v) is 6.06. The number of hydrogen-bond acceptors (Lipinski definition) is 6. The van der Waals surface area contributed by atoms with Crippen molar-refractivity contribution in [3.63, 3.8) is 0 Å². The van der Waals surface area contributed by atoms with Gasteiger partial charge in [-0.15, -0.1) is 0 Å². The third-order valence-electron chi connectivity index (χ3n) is 2.64. The predicted molar refractivity (Wildman–Crippen MR) is 75.0 cm³/mol. The van der Waals surface area contributed by atoms with Crippen LogP contribution in [0.5, 0.6) is 0 Å². The standard InChI is InChI=1S/C13H17NO6S/c1-9(12(15)19-2)14-21(17,18)8-10-4-6-11(7-5-10)13(16)20-3/h4-7,9,14H,8H2,1-3H3. The van der Waals surface area contributed by atoms with E-state index in [-0.39, 0.29) is 5.75 Å². The number of nitrogens with one attached hydrogen (secondary N) is 1. The molecule has 0 saturated carbocycles. The highest BCUT2D eigenvalue weighted by atomic mass is 32.2. The number of carbonyl (C=O) groups excluding carboxylic acids is 2. The number of hydrogen-bond donors (Lipinski definition) is 1. The molecule has 0 spiro atoms. The Morgan fingerprint density at radius 3 is 2.19 bits per heavy atom. The van der Waals surface area contributed by atoms with Crippen LogP contribution in [0.2, 0.25) is 0 Å². The second-order valence-electron chi connectivity index (χ2n) is 4.31. The van der Waals surface area contributed by atoms with Crippen molar-refractivity contribution in [1.29, 1.82) is 0 Å². The van der Waals surface area contributed by atoms with Gasteiger partial charge in [0.25, 0.3) is 0 Å². The summed E-state index contributed by atoms with van der Waals surface area (Å²) in [6.45, 7) is 1.39. The highest BCUT2D eigenvalue weighted by Gasteiger charge is 2.21. The highest BCUT2D eigenvalue weighted by molar-refractivity contribution is 7.88. The van der Waals surface area contributed by atoms with Crippen LogP contribution in [0.1, 0.15) is 22.8 Å². The number of ether oxygens (including phenoxy) is 2. The fraction of sp³-hybridized carbons (Fsp3) is 0.385. The van der Waals surface area contributed by atoms with E-state index in [1.165, 1.54) is 45.4 Å². The summed E-state index contributed by atoms with van der Waals surface area (Å²) in [6, 6.07) is 5.00. The molecule has 1 unspecified atom stereocenters. The van der Waals surface area contributed by atoms with Gasteiger partial charge in [-0.2, -0.15) is 0 Å². The maximum absolute atomic E-state index is 11.9. The first kappa shape index (κ1) is 17.1. The molecule has 0 heterocycles. The number of rotatable bonds is 6. The SMILES string of the molecule is COC(=O)c1ccc(CS(=O)(=O)NC(C)C(=O)OC)cc1. The van der Waals surface area contributed by atoms with Gasteiger partial charge in [0.15, 0.2) is 0 Å². The molecule has 0 aliphatic carbocycles. The van der Waals surface area contributed by atoms with Crippen molar-refractivity contribution in [1.82, 2.24) is 4.72 Å². The zero-order valence-electron chi connectivity index (χ0n) is 12.0. The molecule has 0 bridgehead atoms. The lowest BCUT2D eigenvalue weighted by molar-refractivity contribution is -0.142. The summed E-state index contributed by atoms with van der Waals surface area (Å²) in [5.41, 5.74) is 0.807. The largest absolute Gasteiger partial charge is 0.468 e. The summed E-state index contributed by atoms with van der Waals surface area (Å²) in [5.74, 6) is -1.48. The predicted octanol–water partition coefficient (Wildman–Crippen LogP) is 0.454. The number of sulfonamides is 1. The molecule has 0 saturated heterocycles. The molecule has 0 amide bonds. The molecule has 1 aromatic rings. The van der Waals surface area contributed by atoms with Crippen LogP contribution >= 0.6 is 0 Å². The second kappa shape index (κ2) is 7.19. The summed E-state index contributed by atoms with van der Waals surface area (Å²) < 4.78 is 35.0. The molecule has 0 fully saturated rings. The van der Waals surface area contributed by atoms with Gasteiger partial charge in [-0.05, 0) is 24.6 Å². The van der Waals surface area contributed by atoms with Gasteiger partial charge >= 0.3 is 11.9 Å². The maximum atomic E-state index is 11.9. The van der Waals surface area contributed by atoms with Crippen molar-refractivity contribution in [2.24, 2.45) is 0 Å². The topological polar surface area (TPSA) is 98.8 Å². The number of esters is 2. The monoisotopic (exact) mass is 315 g/mol. The lowest BCUT2D eigenvalue weighted by atomic mass is 10.1. The zero-order valence-corrected chi connectivity index (χ0v) is 12.8. The minimum Gasteiger partial charge on any atom is -0.468 e. The van der Waals surface area contributed by atoms with E-state index in [0.717, 1.165) is 0 Å². The van der Waals surface area contributed by atoms with E-state index >= 15 is 0 Å². The summed E-state index contributed by atoms with van der Waals surface area (Å²) in [5, 5.41) is 0. The smallest absolute Gasteiger partial charge is 0.337 e. The molecule has 8 heteroatoms. The number of benzene rings is 1. The van der Waals surface area contributed by atoms with Crippen LogP contribution in [-0.2, 0) is 30.0 Å². The van der Waals surface area contributed by atoms with Crippen LogP contribution in [0.25, 0.3) is 0 Å². The van der Waals surface area contributed by atoms with E-state index in [9.17, 15) is 18.0 Å². The van der Waals surface area contributed by atoms with Gasteiger partial charge in [-0.1, -0.05) is 12.1 Å². The lowest BCUT2D eigenvalue weighted by Gasteiger charge is -2.12. The molecular formula is C13H17NO6S. The molecule has 7 nitrogen and oxygen atoms in total. The Hall–Kier alpha value is -1.93. The van der Waals surface area contributed by atoms with Gasteiger partial charge in [-0.25, -0.2) is 17.9 Å². The summed E-state index contributed by atoms with van der Waals surface area (Å²) in [6.07, 6.45) is 0. The van der Waals surface area contributed by atoms with Crippen LogP contribution in [0.15, 0.2) is 24.3 Å². The highest BCUT2D eigenvalue weighted by Crippen LogP contribution is 2.09. The van der Waals surface area contributed by atoms with Crippen molar-refractivity contribution in [2.45, 2.75) is 18.7 Å². The van der Waals surface area contributed by atoms with Crippen LogP contribution < -0.4 is 4.72 Å². The summed E-state index contributed by atoms with van der Waals surface area (Å²) in [4.78, 5) is 22.5. The van der Waals surface area contributed by atoms with Crippen molar-refractivity contribution in [2.75, 3.05) is 14.2 Å². The molecule has 1 rings (SSSR count). The Morgan fingerprint density at radius 1 is 1.14 bits per heavy atom. The Kier molecular flexibility index (Phi) is 5.86. The Balaban J connectivity index is 2.76. The first-order valence-electron chi connectivity index (χ1n) is 6.04. The third kappa shape index (κ3) is 5.16. The van der Waals surface area contributed by atoms with Crippen molar-refractivity contribution < 1.29 is 27.5 Å². The minimum absolute atomic E-state index is 0.310. The number of methoxy groups -OCH3 is 2. The van der Waals surface area contributed by atoms with Crippen molar-refractivity contribution in [3.8, 4) is 0 Å². The van der Waals surface area contributed by atoms with Crippen LogP contribution in [0.4, 0.5) is 0 Å². The first-order chi connectivity index (χ1) is 9.79. The van der Waals surface area contributed by atoms with E-state index in [0.29, 0.717) is 11.1 Å². The fourth-order valence-electron chi connectivity index (χ4n) is 1.61. The fourth-order valence-corrected chi connectivity index (χ4v) is 2.96. The molecule has 0 aromatic heterocycles. The van der Waals surface area contributed by atoms with Crippen LogP contribution in [0.3, 0.4) is 0 Å². The molecule has 1 aromatic carbocycles. The van der Waals surface area contributed by atoms with E-state index in [2.05, 4.69) is 14.2 Å². The van der Waals surface area contributed by atoms with Gasteiger partial charge < -0.3 is 9.47 Å². The van der Waals surface area contributed by atoms with Crippen molar-refractivity contribution in [3.05, 3.63) is 35.4 Å². The zero-order chi connectivity index (χ0) is 16.0. The molecular weight excluding hydrogens is 298 g/mol. The van der Waals surface area contributed by atoms with Crippen molar-refractivity contribution >= 4 is 22.0 Å². The molecule has 0 radical (unpaired) electrons. The Labute approximate surface area is 123 Å². The van der Waals surface area contributed by atoms with Gasteiger partial charge in [0.05, 0.1) is 25.5 Å². The molecule has 0 aliphatic rings. The molecule has 21 heavy (non-hydrogen) atoms. The van der Waals surface area contributed by atoms with Gasteiger partial charge in [-0.3, -0.25) is 4.79 Å². The van der Waals surface area contributed by atoms with Gasteiger partial charge in [0.1, 0.15) is 6.04 Å². The van der Waals surface area contributed by atoms with E-state index < -0.39 is 28.0 Å². The summed E-state index contributed by atoms with van der Waals surface area (Å²) >= 11 is 0. The van der Waals surface area contributed by atoms with Crippen LogP contribution in [-0.4, -0.2) is 40.6 Å². The maximum Gasteiger partial charge on any atom is 0.337 e. The average Bonchev–Trinajstić information content (AvgIpc) is 2.45. The normalized spacial score (nSPS) is 12.5. The average molecular weight is 315 g/mol. The van der Waals surface area contributed by atoms with E-state index in [4.69, 9.17) is 0 Å². The summed E-state index contributed by atoms with van der Waals surface area (Å²) in [7, 11) is -1.25.